The molecular formula is C20H26ClN3O2. The van der Waals surface area contributed by atoms with Gasteiger partial charge in [-0.05, 0) is 41.9 Å². The van der Waals surface area contributed by atoms with Crippen molar-refractivity contribution in [1.82, 2.24) is 9.80 Å². The maximum atomic E-state index is 13.0. The van der Waals surface area contributed by atoms with Gasteiger partial charge in [0.15, 0.2) is 0 Å². The van der Waals surface area contributed by atoms with Crippen LogP contribution in [-0.2, 0) is 9.59 Å². The molecule has 1 aliphatic carbocycles. The summed E-state index contributed by atoms with van der Waals surface area (Å²) >= 11 is 0. The van der Waals surface area contributed by atoms with Gasteiger partial charge in [0, 0.05) is 32.3 Å². The first-order valence-electron chi connectivity index (χ1n) is 9.14. The lowest BCUT2D eigenvalue weighted by Gasteiger charge is -2.33. The summed E-state index contributed by atoms with van der Waals surface area (Å²) in [4.78, 5) is 28.7. The molecule has 1 aromatic carbocycles. The smallest absolute Gasteiger partial charge is 0.225 e. The number of amides is 2. The van der Waals surface area contributed by atoms with Gasteiger partial charge in [0.05, 0.1) is 12.5 Å². The van der Waals surface area contributed by atoms with Crippen LogP contribution in [0.15, 0.2) is 30.5 Å². The van der Waals surface area contributed by atoms with E-state index >= 15 is 0 Å². The Morgan fingerprint density at radius 2 is 1.96 bits per heavy atom. The van der Waals surface area contributed by atoms with E-state index in [0.29, 0.717) is 18.3 Å². The molecule has 4 unspecified atom stereocenters. The van der Waals surface area contributed by atoms with E-state index in [1.165, 1.54) is 0 Å². The quantitative estimate of drug-likeness (QED) is 0.863. The summed E-state index contributed by atoms with van der Waals surface area (Å²) < 4.78 is 0. The third kappa shape index (κ3) is 3.26. The topological polar surface area (TPSA) is 66.6 Å². The summed E-state index contributed by atoms with van der Waals surface area (Å²) in [6.45, 7) is 3.14. The number of nitrogens with two attached hydrogens (primary N) is 1. The highest BCUT2D eigenvalue weighted by Gasteiger charge is 2.43. The second-order valence-corrected chi connectivity index (χ2v) is 7.55. The van der Waals surface area contributed by atoms with Crippen LogP contribution in [0.1, 0.15) is 43.4 Å². The van der Waals surface area contributed by atoms with Crippen molar-refractivity contribution >= 4 is 30.3 Å². The molecule has 1 saturated carbocycles. The lowest BCUT2D eigenvalue weighted by molar-refractivity contribution is -0.134. The van der Waals surface area contributed by atoms with Crippen molar-refractivity contribution in [2.75, 3.05) is 13.1 Å². The summed E-state index contributed by atoms with van der Waals surface area (Å²) in [5.41, 5.74) is 8.32. The summed E-state index contributed by atoms with van der Waals surface area (Å²) in [5.74, 6) is 1.10. The molecule has 2 amide bonds. The number of benzene rings is 1. The van der Waals surface area contributed by atoms with Crippen LogP contribution in [-0.4, -0.2) is 40.7 Å². The first-order valence-corrected chi connectivity index (χ1v) is 9.14. The van der Waals surface area contributed by atoms with E-state index in [1.54, 1.807) is 18.0 Å². The van der Waals surface area contributed by atoms with Crippen LogP contribution in [0, 0.1) is 11.8 Å². The minimum absolute atomic E-state index is 0. The average Bonchev–Trinajstić information content (AvgIpc) is 3.17. The van der Waals surface area contributed by atoms with Crippen LogP contribution < -0.4 is 5.73 Å². The average molecular weight is 376 g/mol. The van der Waals surface area contributed by atoms with Crippen molar-refractivity contribution in [3.63, 3.8) is 0 Å². The maximum Gasteiger partial charge on any atom is 0.225 e. The number of nitrogens with zero attached hydrogens (tertiary/aromatic N) is 2. The molecule has 3 aliphatic rings. The van der Waals surface area contributed by atoms with Gasteiger partial charge in [0.2, 0.25) is 11.8 Å². The van der Waals surface area contributed by atoms with E-state index in [4.69, 9.17) is 5.73 Å². The van der Waals surface area contributed by atoms with Crippen LogP contribution in [0.3, 0.4) is 0 Å². The number of fused-ring (bicyclic) bond motifs is 2. The number of halogens is 1. The minimum atomic E-state index is -0.222. The molecule has 2 fully saturated rings. The van der Waals surface area contributed by atoms with E-state index in [1.807, 2.05) is 35.2 Å². The molecule has 4 rings (SSSR count). The van der Waals surface area contributed by atoms with Crippen LogP contribution in [0.25, 0.3) is 6.08 Å². The molecule has 1 saturated heterocycles. The van der Waals surface area contributed by atoms with Crippen molar-refractivity contribution in [3.05, 3.63) is 41.6 Å². The van der Waals surface area contributed by atoms with E-state index in [0.717, 1.165) is 37.1 Å². The van der Waals surface area contributed by atoms with E-state index in [2.05, 4.69) is 0 Å². The largest absolute Gasteiger partial charge is 0.342 e. The molecule has 0 spiro atoms. The fourth-order valence-electron chi connectivity index (χ4n) is 4.72. The molecule has 0 radical (unpaired) electrons. The molecular weight excluding hydrogens is 350 g/mol. The van der Waals surface area contributed by atoms with Gasteiger partial charge < -0.3 is 15.5 Å². The molecule has 6 heteroatoms. The predicted molar refractivity (Wildman–Crippen MR) is 103 cm³/mol. The Kier molecular flexibility index (Phi) is 5.39. The second kappa shape index (κ2) is 7.41. The number of rotatable bonds is 2. The Balaban J connectivity index is 0.00000196. The Labute approximate surface area is 160 Å². The fourth-order valence-corrected chi connectivity index (χ4v) is 4.72. The standard InChI is InChI=1S/C20H25N3O2.ClH/c1-13(24)23-9-8-14-4-2-3-5-16(14)19(23)10-20(25)22-11-15-6-7-18(21)17(15)12-22;/h2-5,8-9,15,17-19H,6-7,10-12,21H2,1H3;1H. The number of carbonyl (C=O) groups excluding carboxylic acids is 2. The SMILES string of the molecule is CC(=O)N1C=Cc2ccccc2C1CC(=O)N1CC2CCC(N)C2C1.Cl. The molecule has 5 nitrogen and oxygen atoms in total. The molecule has 0 bridgehead atoms. The van der Waals surface area contributed by atoms with Crippen LogP contribution in [0.5, 0.6) is 0 Å². The fraction of sp³-hybridized carbons (Fsp3) is 0.500. The highest BCUT2D eigenvalue weighted by atomic mass is 35.5. The van der Waals surface area contributed by atoms with Gasteiger partial charge >= 0.3 is 0 Å². The Hall–Kier alpha value is -1.85. The van der Waals surface area contributed by atoms with Gasteiger partial charge in [-0.25, -0.2) is 0 Å². The summed E-state index contributed by atoms with van der Waals surface area (Å²) in [5, 5.41) is 0. The minimum Gasteiger partial charge on any atom is -0.342 e. The van der Waals surface area contributed by atoms with E-state index in [9.17, 15) is 9.59 Å². The van der Waals surface area contributed by atoms with Gasteiger partial charge in [-0.2, -0.15) is 0 Å². The van der Waals surface area contributed by atoms with Crippen LogP contribution in [0.2, 0.25) is 0 Å². The Morgan fingerprint density at radius 3 is 2.69 bits per heavy atom. The zero-order chi connectivity index (χ0) is 17.6. The summed E-state index contributed by atoms with van der Waals surface area (Å²) in [6, 6.07) is 8.00. The molecule has 2 aliphatic heterocycles. The number of hydrogen-bond acceptors (Lipinski definition) is 3. The van der Waals surface area contributed by atoms with E-state index < -0.39 is 0 Å². The number of carbonyl (C=O) groups is 2. The highest BCUT2D eigenvalue weighted by Crippen LogP contribution is 2.39. The second-order valence-electron chi connectivity index (χ2n) is 7.55. The van der Waals surface area contributed by atoms with Crippen LogP contribution >= 0.6 is 12.4 Å². The third-order valence-electron chi connectivity index (χ3n) is 6.10. The predicted octanol–water partition coefficient (Wildman–Crippen LogP) is 2.57. The van der Waals surface area contributed by atoms with Crippen molar-refractivity contribution in [2.45, 2.75) is 38.3 Å². The lowest BCUT2D eigenvalue weighted by atomic mass is 9.93. The first-order chi connectivity index (χ1) is 12.0. The molecule has 140 valence electrons. The third-order valence-corrected chi connectivity index (χ3v) is 6.10. The van der Waals surface area contributed by atoms with Gasteiger partial charge in [-0.15, -0.1) is 12.4 Å². The van der Waals surface area contributed by atoms with Gasteiger partial charge in [-0.3, -0.25) is 9.59 Å². The van der Waals surface area contributed by atoms with Crippen molar-refractivity contribution in [1.29, 1.82) is 0 Å². The van der Waals surface area contributed by atoms with Crippen LogP contribution in [0.4, 0.5) is 0 Å². The number of likely N-dealkylation sites (tertiary alicyclic amines) is 1. The van der Waals surface area contributed by atoms with Crippen molar-refractivity contribution < 1.29 is 9.59 Å². The highest BCUT2D eigenvalue weighted by molar-refractivity contribution is 5.85. The molecule has 2 heterocycles. The number of hydrogen-bond donors (Lipinski definition) is 1. The molecule has 0 aromatic heterocycles. The zero-order valence-corrected chi connectivity index (χ0v) is 15.8. The Morgan fingerprint density at radius 1 is 1.19 bits per heavy atom. The summed E-state index contributed by atoms with van der Waals surface area (Å²) in [6.07, 6.45) is 6.28. The first kappa shape index (κ1) is 18.9. The maximum absolute atomic E-state index is 13.0. The monoisotopic (exact) mass is 375 g/mol. The van der Waals surface area contributed by atoms with Gasteiger partial charge in [-0.1, -0.05) is 24.3 Å². The lowest BCUT2D eigenvalue weighted by Crippen LogP contribution is -2.38. The van der Waals surface area contributed by atoms with E-state index in [-0.39, 0.29) is 36.3 Å². The Bertz CT molecular complexity index is 736. The zero-order valence-electron chi connectivity index (χ0n) is 15.0. The normalized spacial score (nSPS) is 29.2. The van der Waals surface area contributed by atoms with Gasteiger partial charge in [0.25, 0.3) is 0 Å². The molecule has 4 atom stereocenters. The molecule has 1 aromatic rings. The van der Waals surface area contributed by atoms with Gasteiger partial charge in [0.1, 0.15) is 0 Å². The molecule has 2 N–H and O–H groups in total. The molecule has 26 heavy (non-hydrogen) atoms. The van der Waals surface area contributed by atoms with Crippen molar-refractivity contribution in [2.24, 2.45) is 17.6 Å². The summed E-state index contributed by atoms with van der Waals surface area (Å²) in [7, 11) is 0. The van der Waals surface area contributed by atoms with Crippen molar-refractivity contribution in [3.8, 4) is 0 Å².